The summed E-state index contributed by atoms with van der Waals surface area (Å²) in [6, 6.07) is 15.6. The predicted molar refractivity (Wildman–Crippen MR) is 136 cm³/mol. The number of aromatic nitrogens is 2. The van der Waals surface area contributed by atoms with Crippen molar-refractivity contribution < 1.29 is 22.8 Å². The molecule has 2 aromatic heterocycles. The van der Waals surface area contributed by atoms with E-state index in [1.165, 1.54) is 12.5 Å². The van der Waals surface area contributed by atoms with Gasteiger partial charge in [-0.05, 0) is 55.0 Å². The Morgan fingerprint density at radius 2 is 1.81 bits per heavy atom. The van der Waals surface area contributed by atoms with E-state index in [9.17, 15) is 13.2 Å². The predicted octanol–water partition coefficient (Wildman–Crippen LogP) is 6.38. The average Bonchev–Trinajstić information content (AvgIpc) is 2.88. The second-order valence-corrected chi connectivity index (χ2v) is 9.11. The molecule has 1 aliphatic heterocycles. The summed E-state index contributed by atoms with van der Waals surface area (Å²) < 4.78 is 41.4. The van der Waals surface area contributed by atoms with E-state index in [1.807, 2.05) is 37.3 Å². The number of nitrogens with zero attached hydrogens (tertiary/aromatic N) is 3. The second kappa shape index (κ2) is 13.0. The summed E-state index contributed by atoms with van der Waals surface area (Å²) in [7, 11) is 0. The van der Waals surface area contributed by atoms with Crippen molar-refractivity contribution in [3.8, 4) is 11.3 Å². The Hall–Kier alpha value is -3.71. The molecule has 0 aliphatic carbocycles. The lowest BCUT2D eigenvalue weighted by molar-refractivity contribution is -0.191. The smallest absolute Gasteiger partial charge is 0.364 e. The molecule has 0 saturated carbocycles. The van der Waals surface area contributed by atoms with Gasteiger partial charge in [0.1, 0.15) is 11.6 Å². The number of alkyl halides is 3. The molecule has 0 unspecified atom stereocenters. The van der Waals surface area contributed by atoms with Crippen LogP contribution in [0.15, 0.2) is 54.6 Å². The number of aryl methyl sites for hydroxylation is 1. The zero-order chi connectivity index (χ0) is 26.8. The lowest BCUT2D eigenvalue weighted by Gasteiger charge is -2.32. The molecule has 4 rings (SSSR count). The van der Waals surface area contributed by atoms with Crippen LogP contribution in [0.3, 0.4) is 0 Å². The molecule has 3 heterocycles. The first kappa shape index (κ1) is 27.9. The number of carbonyl (C=O) groups excluding carboxylic acids is 2. The first-order chi connectivity index (χ1) is 17.8. The number of hydrogen-bond acceptors (Lipinski definition) is 6. The third kappa shape index (κ3) is 7.64. The monoisotopic (exact) mass is 512 g/mol. The quantitative estimate of drug-likeness (QED) is 0.396. The summed E-state index contributed by atoms with van der Waals surface area (Å²) in [5.41, 5.74) is 1.46. The number of nitrogens with one attached hydrogen (secondary N) is 1. The van der Waals surface area contributed by atoms with Gasteiger partial charge in [0.2, 0.25) is 0 Å². The van der Waals surface area contributed by atoms with E-state index in [0.29, 0.717) is 30.3 Å². The summed E-state index contributed by atoms with van der Waals surface area (Å²) >= 11 is 0. The largest absolute Gasteiger partial charge is 0.418 e. The van der Waals surface area contributed by atoms with Crippen molar-refractivity contribution in [1.82, 2.24) is 9.97 Å². The molecule has 1 aromatic carbocycles. The zero-order valence-electron chi connectivity index (χ0n) is 21.0. The average molecular weight is 513 g/mol. The molecule has 1 aliphatic rings. The van der Waals surface area contributed by atoms with Crippen LogP contribution in [0.1, 0.15) is 49.9 Å². The van der Waals surface area contributed by atoms with Gasteiger partial charge < -0.3 is 10.2 Å². The van der Waals surface area contributed by atoms with Gasteiger partial charge >= 0.3 is 12.3 Å². The number of halogens is 3. The Morgan fingerprint density at radius 1 is 1.05 bits per heavy atom. The highest BCUT2D eigenvalue weighted by molar-refractivity contribution is 5.69. The van der Waals surface area contributed by atoms with Gasteiger partial charge in [-0.15, -0.1) is 0 Å². The molecule has 0 radical (unpaired) electrons. The van der Waals surface area contributed by atoms with Crippen LogP contribution in [0.25, 0.3) is 11.3 Å². The maximum atomic E-state index is 13.8. The van der Waals surface area contributed by atoms with Crippen LogP contribution < -0.4 is 10.2 Å². The van der Waals surface area contributed by atoms with Crippen LogP contribution in [0.4, 0.5) is 24.8 Å². The van der Waals surface area contributed by atoms with Gasteiger partial charge in [0.15, 0.2) is 0 Å². The Labute approximate surface area is 214 Å². The van der Waals surface area contributed by atoms with Crippen molar-refractivity contribution in [1.29, 1.82) is 0 Å². The molecule has 1 atom stereocenters. The fourth-order valence-corrected chi connectivity index (χ4v) is 4.55. The van der Waals surface area contributed by atoms with Crippen LogP contribution in [0.2, 0.25) is 0 Å². The molecule has 9 heteroatoms. The molecular weight excluding hydrogens is 481 g/mol. The van der Waals surface area contributed by atoms with E-state index >= 15 is 0 Å². The molecule has 0 amide bonds. The van der Waals surface area contributed by atoms with Crippen LogP contribution >= 0.6 is 0 Å². The fourth-order valence-electron chi connectivity index (χ4n) is 4.55. The summed E-state index contributed by atoms with van der Waals surface area (Å²) in [6.45, 7) is 6.63. The first-order valence-electron chi connectivity index (χ1n) is 12.4. The molecule has 196 valence electrons. The third-order valence-electron chi connectivity index (χ3n) is 6.22. The zero-order valence-corrected chi connectivity index (χ0v) is 21.0. The minimum atomic E-state index is -4.48. The Balaban J connectivity index is 0.00000121. The minimum absolute atomic E-state index is 0.0365. The molecular formula is C28H31F3N4O2. The van der Waals surface area contributed by atoms with E-state index < -0.39 is 11.7 Å². The highest BCUT2D eigenvalue weighted by Gasteiger charge is 2.35. The van der Waals surface area contributed by atoms with Crippen LogP contribution in [0, 0.1) is 5.92 Å². The Morgan fingerprint density at radius 3 is 2.51 bits per heavy atom. The summed E-state index contributed by atoms with van der Waals surface area (Å²) in [4.78, 5) is 27.8. The van der Waals surface area contributed by atoms with E-state index in [1.54, 1.807) is 12.1 Å². The van der Waals surface area contributed by atoms with Gasteiger partial charge in [-0.2, -0.15) is 22.8 Å². The number of piperidine rings is 1. The number of benzene rings is 1. The van der Waals surface area contributed by atoms with Gasteiger partial charge in [-0.3, -0.25) is 0 Å². The number of anilines is 2. The van der Waals surface area contributed by atoms with E-state index in [2.05, 4.69) is 22.1 Å². The summed E-state index contributed by atoms with van der Waals surface area (Å²) in [5, 5.41) is 3.18. The third-order valence-corrected chi connectivity index (χ3v) is 6.22. The lowest BCUT2D eigenvalue weighted by Crippen LogP contribution is -2.34. The van der Waals surface area contributed by atoms with Crippen molar-refractivity contribution in [2.45, 2.75) is 52.3 Å². The first-order valence-corrected chi connectivity index (χ1v) is 12.4. The SMILES string of the molecule is CCCc1ccccc1-c1nc(NCc2cccc(N3CCC[C@@H](C)C3)n2)ccc1C(F)(F)F.O=C=O. The van der Waals surface area contributed by atoms with E-state index in [0.717, 1.165) is 49.1 Å². The van der Waals surface area contributed by atoms with Crippen LogP contribution in [-0.4, -0.2) is 29.2 Å². The Kier molecular flexibility index (Phi) is 9.80. The molecule has 0 spiro atoms. The van der Waals surface area contributed by atoms with E-state index in [-0.39, 0.29) is 11.8 Å². The second-order valence-electron chi connectivity index (χ2n) is 9.11. The summed E-state index contributed by atoms with van der Waals surface area (Å²) in [6.07, 6.45) is -0.307. The highest BCUT2D eigenvalue weighted by atomic mass is 19.4. The van der Waals surface area contributed by atoms with Gasteiger partial charge in [0.25, 0.3) is 0 Å². The fraction of sp³-hybridized carbons (Fsp3) is 0.393. The van der Waals surface area contributed by atoms with Crippen LogP contribution in [-0.2, 0) is 28.7 Å². The molecule has 1 N–H and O–H groups in total. The maximum Gasteiger partial charge on any atom is 0.418 e. The standard InChI is InChI=1S/C27H31F3N4.CO2/c1-3-8-20-10-4-5-12-22(20)26-23(27(28,29)30)14-15-24(33-26)31-17-21-11-6-13-25(32-21)34-16-7-9-19(2)18-34;2-1-3/h4-6,10-15,19H,3,7-9,16-18H2,1-2H3,(H,31,33);/t19-;/m1./s1. The van der Waals surface area contributed by atoms with Crippen molar-refractivity contribution in [2.24, 2.45) is 5.92 Å². The van der Waals surface area contributed by atoms with Gasteiger partial charge in [-0.25, -0.2) is 9.97 Å². The number of pyridine rings is 2. The van der Waals surface area contributed by atoms with Crippen molar-refractivity contribution in [3.63, 3.8) is 0 Å². The van der Waals surface area contributed by atoms with Crippen molar-refractivity contribution in [3.05, 3.63) is 71.4 Å². The molecule has 0 bridgehead atoms. The van der Waals surface area contributed by atoms with E-state index in [4.69, 9.17) is 14.6 Å². The van der Waals surface area contributed by atoms with Crippen molar-refractivity contribution in [2.75, 3.05) is 23.3 Å². The molecule has 1 fully saturated rings. The normalized spacial score (nSPS) is 15.4. The molecule has 37 heavy (non-hydrogen) atoms. The van der Waals surface area contributed by atoms with Gasteiger partial charge in [0.05, 0.1) is 23.5 Å². The van der Waals surface area contributed by atoms with Crippen molar-refractivity contribution >= 4 is 17.8 Å². The van der Waals surface area contributed by atoms with Gasteiger partial charge in [0, 0.05) is 18.7 Å². The summed E-state index contributed by atoms with van der Waals surface area (Å²) in [5.74, 6) is 1.98. The minimum Gasteiger partial charge on any atom is -0.364 e. The lowest BCUT2D eigenvalue weighted by atomic mass is 9.97. The Bertz CT molecular complexity index is 1210. The molecule has 1 saturated heterocycles. The van der Waals surface area contributed by atoms with Gasteiger partial charge in [-0.1, -0.05) is 50.6 Å². The highest BCUT2D eigenvalue weighted by Crippen LogP contribution is 2.38. The number of hydrogen-bond donors (Lipinski definition) is 1. The van der Waals surface area contributed by atoms with Crippen LogP contribution in [0.5, 0.6) is 0 Å². The molecule has 3 aromatic rings. The maximum absolute atomic E-state index is 13.8. The molecule has 6 nitrogen and oxygen atoms in total. The number of rotatable bonds is 7. The topological polar surface area (TPSA) is 75.2 Å².